The molecule has 0 aliphatic rings. The molecule has 8 heteroatoms. The summed E-state index contributed by atoms with van der Waals surface area (Å²) in [5, 5.41) is 23.3. The number of rotatable bonds is 5. The van der Waals surface area contributed by atoms with Crippen LogP contribution in [0.2, 0.25) is 0 Å². The summed E-state index contributed by atoms with van der Waals surface area (Å²) in [6, 6.07) is 16.1. The van der Waals surface area contributed by atoms with Gasteiger partial charge in [-0.25, -0.2) is 0 Å². The predicted molar refractivity (Wildman–Crippen MR) is 123 cm³/mol. The fraction of sp³-hybridized carbons (Fsp3) is 0.130. The summed E-state index contributed by atoms with van der Waals surface area (Å²) in [6.45, 7) is 5.56. The molecule has 1 heterocycles. The predicted octanol–water partition coefficient (Wildman–Crippen LogP) is 5.62. The average Bonchev–Trinajstić information content (AvgIpc) is 3.01. The Morgan fingerprint density at radius 3 is 2.45 bits per heavy atom. The van der Waals surface area contributed by atoms with Crippen LogP contribution in [0.15, 0.2) is 58.6 Å². The second-order valence-electron chi connectivity index (χ2n) is 7.04. The summed E-state index contributed by atoms with van der Waals surface area (Å²) >= 11 is 3.42. The molecule has 0 radical (unpaired) electrons. The molecule has 0 unspecified atom stereocenters. The number of anilines is 1. The number of amides is 1. The lowest BCUT2D eigenvalue weighted by Gasteiger charge is -2.10. The van der Waals surface area contributed by atoms with Crippen molar-refractivity contribution in [1.82, 2.24) is 4.57 Å². The van der Waals surface area contributed by atoms with Crippen molar-refractivity contribution in [3.63, 3.8) is 0 Å². The fourth-order valence-corrected chi connectivity index (χ4v) is 3.58. The van der Waals surface area contributed by atoms with E-state index in [9.17, 15) is 20.2 Å². The van der Waals surface area contributed by atoms with Gasteiger partial charge in [-0.1, -0.05) is 22.0 Å². The molecule has 3 rings (SSSR count). The zero-order chi connectivity index (χ0) is 22.7. The summed E-state index contributed by atoms with van der Waals surface area (Å²) in [4.78, 5) is 23.4. The van der Waals surface area contributed by atoms with Gasteiger partial charge in [0.15, 0.2) is 0 Å². The van der Waals surface area contributed by atoms with Gasteiger partial charge in [-0.05, 0) is 74.4 Å². The Kier molecular flexibility index (Phi) is 6.37. The second-order valence-corrected chi connectivity index (χ2v) is 7.96. The summed E-state index contributed by atoms with van der Waals surface area (Å²) in [5.74, 6) is -0.706. The largest absolute Gasteiger partial charge is 0.318 e. The maximum absolute atomic E-state index is 12.7. The van der Waals surface area contributed by atoms with Crippen LogP contribution in [0.5, 0.6) is 0 Å². The number of hydrogen-bond acceptors (Lipinski definition) is 4. The van der Waals surface area contributed by atoms with E-state index in [-0.39, 0.29) is 16.9 Å². The summed E-state index contributed by atoms with van der Waals surface area (Å²) < 4.78 is 2.99. The molecule has 2 aromatic carbocycles. The molecule has 1 amide bonds. The van der Waals surface area contributed by atoms with Crippen LogP contribution in [-0.4, -0.2) is 15.4 Å². The number of hydrogen-bond donors (Lipinski definition) is 1. The van der Waals surface area contributed by atoms with Crippen LogP contribution >= 0.6 is 15.9 Å². The number of nitro benzene ring substituents is 1. The third-order valence-corrected chi connectivity index (χ3v) is 5.35. The van der Waals surface area contributed by atoms with Gasteiger partial charge in [0.1, 0.15) is 17.3 Å². The lowest BCUT2D eigenvalue weighted by atomic mass is 10.1. The molecule has 7 nitrogen and oxygen atoms in total. The maximum atomic E-state index is 12.7. The van der Waals surface area contributed by atoms with Gasteiger partial charge in [0.25, 0.3) is 11.6 Å². The smallest absolute Gasteiger partial charge is 0.293 e. The van der Waals surface area contributed by atoms with Gasteiger partial charge in [0.2, 0.25) is 0 Å². The second kappa shape index (κ2) is 8.98. The molecule has 156 valence electrons. The third kappa shape index (κ3) is 4.73. The van der Waals surface area contributed by atoms with E-state index >= 15 is 0 Å². The summed E-state index contributed by atoms with van der Waals surface area (Å²) in [7, 11) is 0. The first-order chi connectivity index (χ1) is 14.7. The number of carbonyl (C=O) groups is 1. The Morgan fingerprint density at radius 2 is 1.84 bits per heavy atom. The first kappa shape index (κ1) is 22.0. The van der Waals surface area contributed by atoms with Crippen molar-refractivity contribution in [3.8, 4) is 11.8 Å². The summed E-state index contributed by atoms with van der Waals surface area (Å²) in [6.07, 6.45) is 1.49. The molecule has 1 N–H and O–H groups in total. The Bertz CT molecular complexity index is 1250. The highest BCUT2D eigenvalue weighted by molar-refractivity contribution is 9.10. The number of carbonyl (C=O) groups excluding carboxylic acids is 1. The van der Waals surface area contributed by atoms with Gasteiger partial charge in [0.05, 0.1) is 4.92 Å². The van der Waals surface area contributed by atoms with Crippen molar-refractivity contribution in [1.29, 1.82) is 5.26 Å². The highest BCUT2D eigenvalue weighted by atomic mass is 79.9. The molecule has 0 saturated heterocycles. The topological polar surface area (TPSA) is 101 Å². The number of benzene rings is 2. The standard InChI is InChI=1S/C23H19BrN4O3/c1-14-4-9-21(22(10-14)28(30)31)26-23(29)18(13-25)12-17-11-15(2)27(16(17)3)20-7-5-19(24)6-8-20/h4-12H,1-3H3,(H,26,29)/b18-12+. The van der Waals surface area contributed by atoms with Gasteiger partial charge < -0.3 is 9.88 Å². The number of nitrogens with zero attached hydrogens (tertiary/aromatic N) is 3. The quantitative estimate of drug-likeness (QED) is 0.222. The monoisotopic (exact) mass is 478 g/mol. The van der Waals surface area contributed by atoms with E-state index in [1.54, 1.807) is 13.0 Å². The van der Waals surface area contributed by atoms with Crippen molar-refractivity contribution in [3.05, 3.63) is 91.2 Å². The van der Waals surface area contributed by atoms with E-state index in [0.29, 0.717) is 11.1 Å². The van der Waals surface area contributed by atoms with E-state index in [1.165, 1.54) is 18.2 Å². The number of aryl methyl sites for hydroxylation is 2. The van der Waals surface area contributed by atoms with Crippen LogP contribution in [0.25, 0.3) is 11.8 Å². The van der Waals surface area contributed by atoms with Crippen molar-refractivity contribution in [2.75, 3.05) is 5.32 Å². The minimum absolute atomic E-state index is 0.0436. The molecule has 0 fully saturated rings. The molecule has 3 aromatic rings. The lowest BCUT2D eigenvalue weighted by Crippen LogP contribution is -2.14. The van der Waals surface area contributed by atoms with E-state index < -0.39 is 10.8 Å². The van der Waals surface area contributed by atoms with Gasteiger partial charge in [-0.3, -0.25) is 14.9 Å². The van der Waals surface area contributed by atoms with Crippen molar-refractivity contribution in [2.45, 2.75) is 20.8 Å². The average molecular weight is 479 g/mol. The van der Waals surface area contributed by atoms with E-state index in [0.717, 1.165) is 21.5 Å². The van der Waals surface area contributed by atoms with Crippen LogP contribution in [0.1, 0.15) is 22.5 Å². The van der Waals surface area contributed by atoms with E-state index in [2.05, 4.69) is 21.2 Å². The Labute approximate surface area is 187 Å². The molecule has 0 bridgehead atoms. The number of aromatic nitrogens is 1. The molecule has 0 aliphatic heterocycles. The zero-order valence-electron chi connectivity index (χ0n) is 17.1. The van der Waals surface area contributed by atoms with E-state index in [1.807, 2.05) is 54.8 Å². The lowest BCUT2D eigenvalue weighted by molar-refractivity contribution is -0.384. The van der Waals surface area contributed by atoms with Crippen LogP contribution < -0.4 is 5.32 Å². The highest BCUT2D eigenvalue weighted by Crippen LogP contribution is 2.27. The molecule has 0 atom stereocenters. The van der Waals surface area contributed by atoms with Gasteiger partial charge >= 0.3 is 0 Å². The normalized spacial score (nSPS) is 11.1. The first-order valence-electron chi connectivity index (χ1n) is 9.34. The van der Waals surface area contributed by atoms with Crippen LogP contribution in [-0.2, 0) is 4.79 Å². The molecular weight excluding hydrogens is 460 g/mol. The van der Waals surface area contributed by atoms with Gasteiger partial charge in [0, 0.05) is 27.6 Å². The number of nitriles is 1. The van der Waals surface area contributed by atoms with Crippen molar-refractivity contribution < 1.29 is 9.72 Å². The highest BCUT2D eigenvalue weighted by Gasteiger charge is 2.19. The van der Waals surface area contributed by atoms with Crippen LogP contribution in [0.4, 0.5) is 11.4 Å². The summed E-state index contributed by atoms with van der Waals surface area (Å²) in [5.41, 5.74) is 3.84. The van der Waals surface area contributed by atoms with Gasteiger partial charge in [-0.2, -0.15) is 5.26 Å². The van der Waals surface area contributed by atoms with Crippen LogP contribution in [0.3, 0.4) is 0 Å². The molecule has 31 heavy (non-hydrogen) atoms. The van der Waals surface area contributed by atoms with E-state index in [4.69, 9.17) is 0 Å². The molecule has 0 spiro atoms. The Balaban J connectivity index is 1.95. The van der Waals surface area contributed by atoms with Crippen molar-refractivity contribution in [2.24, 2.45) is 0 Å². The Hall–Kier alpha value is -3.70. The number of nitrogens with one attached hydrogen (secondary N) is 1. The SMILES string of the molecule is Cc1ccc(NC(=O)/C(C#N)=C/c2cc(C)n(-c3ccc(Br)cc3)c2C)c([N+](=O)[O-])c1. The maximum Gasteiger partial charge on any atom is 0.293 e. The number of nitro groups is 1. The van der Waals surface area contributed by atoms with Crippen LogP contribution in [0, 0.1) is 42.2 Å². The molecule has 1 aromatic heterocycles. The van der Waals surface area contributed by atoms with Gasteiger partial charge in [-0.15, -0.1) is 0 Å². The minimum atomic E-state index is -0.706. The first-order valence-corrected chi connectivity index (χ1v) is 10.1. The molecule has 0 saturated carbocycles. The Morgan fingerprint density at radius 1 is 1.16 bits per heavy atom. The van der Waals surface area contributed by atoms with Crippen molar-refractivity contribution >= 4 is 39.3 Å². The zero-order valence-corrected chi connectivity index (χ0v) is 18.7. The molecule has 0 aliphatic carbocycles. The minimum Gasteiger partial charge on any atom is -0.318 e. The molecular formula is C23H19BrN4O3. The third-order valence-electron chi connectivity index (χ3n) is 4.82. The number of halogens is 1. The fourth-order valence-electron chi connectivity index (χ4n) is 3.31.